The van der Waals surface area contributed by atoms with Gasteiger partial charge in [-0.3, -0.25) is 4.90 Å². The first-order valence-corrected chi connectivity index (χ1v) is 8.60. The molecule has 6 heteroatoms. The van der Waals surface area contributed by atoms with Crippen LogP contribution < -0.4 is 5.32 Å². The Bertz CT molecular complexity index is 666. The average Bonchev–Trinajstić information content (AvgIpc) is 3.14. The van der Waals surface area contributed by atoms with Crippen LogP contribution in [0.3, 0.4) is 0 Å². The highest BCUT2D eigenvalue weighted by atomic mass is 16.5. The molecule has 1 fully saturated rings. The van der Waals surface area contributed by atoms with E-state index in [1.807, 2.05) is 24.3 Å². The van der Waals surface area contributed by atoms with Gasteiger partial charge in [-0.05, 0) is 30.3 Å². The maximum atomic E-state index is 12.3. The fraction of sp³-hybridized carbons (Fsp3) is 0.421. The van der Waals surface area contributed by atoms with Gasteiger partial charge < -0.3 is 19.4 Å². The van der Waals surface area contributed by atoms with E-state index < -0.39 is 0 Å². The van der Waals surface area contributed by atoms with Gasteiger partial charge in [0.05, 0.1) is 26.0 Å². The molecule has 3 rings (SSSR count). The highest BCUT2D eigenvalue weighted by Gasteiger charge is 2.16. The summed E-state index contributed by atoms with van der Waals surface area (Å²) in [4.78, 5) is 16.2. The monoisotopic (exact) mass is 343 g/mol. The van der Waals surface area contributed by atoms with Gasteiger partial charge in [-0.1, -0.05) is 24.3 Å². The lowest BCUT2D eigenvalue weighted by atomic mass is 10.1. The Morgan fingerprint density at radius 1 is 1.12 bits per heavy atom. The number of rotatable bonds is 6. The van der Waals surface area contributed by atoms with Crippen molar-refractivity contribution < 1.29 is 13.9 Å². The Labute approximate surface area is 148 Å². The van der Waals surface area contributed by atoms with Crippen molar-refractivity contribution in [2.45, 2.75) is 19.6 Å². The summed E-state index contributed by atoms with van der Waals surface area (Å²) in [6.45, 7) is 4.61. The third kappa shape index (κ3) is 5.08. The third-order valence-electron chi connectivity index (χ3n) is 4.29. The lowest BCUT2D eigenvalue weighted by Gasteiger charge is -2.27. The second kappa shape index (κ2) is 8.69. The minimum absolute atomic E-state index is 0.0259. The largest absolute Gasteiger partial charge is 0.468 e. The molecule has 0 spiro atoms. The van der Waals surface area contributed by atoms with E-state index >= 15 is 0 Å². The molecule has 2 heterocycles. The summed E-state index contributed by atoms with van der Waals surface area (Å²) in [5.41, 5.74) is 2.34. The predicted octanol–water partition coefficient (Wildman–Crippen LogP) is 2.45. The topological polar surface area (TPSA) is 58.0 Å². The van der Waals surface area contributed by atoms with E-state index in [2.05, 4.69) is 29.4 Å². The standard InChI is InChI=1S/C19H25N3O3/c1-21(15-18-7-4-10-25-18)14-17-6-3-2-5-16(17)13-20-19(23)22-8-11-24-12-9-22/h2-7,10H,8-9,11-15H2,1H3,(H,20,23). The number of carbonyl (C=O) groups is 1. The summed E-state index contributed by atoms with van der Waals surface area (Å²) in [7, 11) is 2.06. The Hall–Kier alpha value is -2.31. The molecule has 1 N–H and O–H groups in total. The van der Waals surface area contributed by atoms with Crippen molar-refractivity contribution in [3.05, 3.63) is 59.5 Å². The van der Waals surface area contributed by atoms with Gasteiger partial charge in [0.15, 0.2) is 0 Å². The lowest BCUT2D eigenvalue weighted by Crippen LogP contribution is -2.46. The number of ether oxygens (including phenoxy) is 1. The zero-order valence-corrected chi connectivity index (χ0v) is 14.6. The molecule has 2 aromatic rings. The van der Waals surface area contributed by atoms with Gasteiger partial charge in [0.1, 0.15) is 5.76 Å². The van der Waals surface area contributed by atoms with Gasteiger partial charge >= 0.3 is 6.03 Å². The number of hydrogen-bond donors (Lipinski definition) is 1. The number of benzene rings is 1. The number of furan rings is 1. The number of morpholine rings is 1. The number of carbonyl (C=O) groups excluding carboxylic acids is 1. The van der Waals surface area contributed by atoms with Gasteiger partial charge in [-0.15, -0.1) is 0 Å². The van der Waals surface area contributed by atoms with Crippen molar-refractivity contribution >= 4 is 6.03 Å². The van der Waals surface area contributed by atoms with Crippen LogP contribution in [0.5, 0.6) is 0 Å². The number of amides is 2. The summed E-state index contributed by atoms with van der Waals surface area (Å²) in [6.07, 6.45) is 1.69. The van der Waals surface area contributed by atoms with Crippen LogP contribution >= 0.6 is 0 Å². The zero-order chi connectivity index (χ0) is 17.5. The Morgan fingerprint density at radius 2 is 1.88 bits per heavy atom. The smallest absolute Gasteiger partial charge is 0.317 e. The van der Waals surface area contributed by atoms with Crippen LogP contribution in [0, 0.1) is 0 Å². The Morgan fingerprint density at radius 3 is 2.60 bits per heavy atom. The summed E-state index contributed by atoms with van der Waals surface area (Å²) < 4.78 is 10.7. The summed E-state index contributed by atoms with van der Waals surface area (Å²) in [5.74, 6) is 0.945. The average molecular weight is 343 g/mol. The number of hydrogen-bond acceptors (Lipinski definition) is 4. The van der Waals surface area contributed by atoms with Crippen molar-refractivity contribution in [1.29, 1.82) is 0 Å². The molecule has 0 radical (unpaired) electrons. The van der Waals surface area contributed by atoms with E-state index in [4.69, 9.17) is 9.15 Å². The molecule has 0 saturated carbocycles. The molecule has 134 valence electrons. The SMILES string of the molecule is CN(Cc1ccco1)Cc1ccccc1CNC(=O)N1CCOCC1. The predicted molar refractivity (Wildman–Crippen MR) is 94.9 cm³/mol. The van der Waals surface area contributed by atoms with Crippen molar-refractivity contribution in [3.63, 3.8) is 0 Å². The summed E-state index contributed by atoms with van der Waals surface area (Å²) in [6, 6.07) is 12.1. The normalized spacial score (nSPS) is 14.7. The Kier molecular flexibility index (Phi) is 6.09. The molecule has 1 aromatic carbocycles. The van der Waals surface area contributed by atoms with Crippen LogP contribution in [0.2, 0.25) is 0 Å². The fourth-order valence-corrected chi connectivity index (χ4v) is 2.95. The minimum atomic E-state index is -0.0259. The first-order chi connectivity index (χ1) is 12.2. The van der Waals surface area contributed by atoms with Crippen molar-refractivity contribution in [1.82, 2.24) is 15.1 Å². The fourth-order valence-electron chi connectivity index (χ4n) is 2.95. The molecule has 0 atom stereocenters. The molecule has 1 aromatic heterocycles. The molecule has 6 nitrogen and oxygen atoms in total. The van der Waals surface area contributed by atoms with Crippen LogP contribution in [-0.2, 0) is 24.4 Å². The van der Waals surface area contributed by atoms with Crippen LogP contribution in [0.15, 0.2) is 47.1 Å². The van der Waals surface area contributed by atoms with Gasteiger partial charge in [0.25, 0.3) is 0 Å². The van der Waals surface area contributed by atoms with Crippen LogP contribution in [0.1, 0.15) is 16.9 Å². The molecule has 1 saturated heterocycles. The van der Waals surface area contributed by atoms with Crippen LogP contribution in [-0.4, -0.2) is 49.2 Å². The molecule has 0 unspecified atom stereocenters. The maximum absolute atomic E-state index is 12.3. The third-order valence-corrected chi connectivity index (χ3v) is 4.29. The van der Waals surface area contributed by atoms with Gasteiger partial charge in [-0.25, -0.2) is 4.79 Å². The van der Waals surface area contributed by atoms with Crippen LogP contribution in [0.25, 0.3) is 0 Å². The maximum Gasteiger partial charge on any atom is 0.317 e. The molecule has 1 aliphatic heterocycles. The molecule has 0 aliphatic carbocycles. The minimum Gasteiger partial charge on any atom is -0.468 e. The zero-order valence-electron chi connectivity index (χ0n) is 14.6. The molecule has 0 bridgehead atoms. The van der Waals surface area contributed by atoms with E-state index in [0.717, 1.165) is 24.4 Å². The number of nitrogens with one attached hydrogen (secondary N) is 1. The molecular formula is C19H25N3O3. The molecule has 25 heavy (non-hydrogen) atoms. The number of nitrogens with zero attached hydrogens (tertiary/aromatic N) is 2. The quantitative estimate of drug-likeness (QED) is 0.875. The molecule has 2 amide bonds. The van der Waals surface area contributed by atoms with Gasteiger partial charge in [0, 0.05) is 26.2 Å². The summed E-state index contributed by atoms with van der Waals surface area (Å²) in [5, 5.41) is 3.02. The number of urea groups is 1. The molecule has 1 aliphatic rings. The first kappa shape index (κ1) is 17.5. The van der Waals surface area contributed by atoms with E-state index in [-0.39, 0.29) is 6.03 Å². The van der Waals surface area contributed by atoms with Crippen molar-refractivity contribution in [2.24, 2.45) is 0 Å². The lowest BCUT2D eigenvalue weighted by molar-refractivity contribution is 0.0531. The van der Waals surface area contributed by atoms with E-state index in [9.17, 15) is 4.79 Å². The van der Waals surface area contributed by atoms with E-state index in [1.54, 1.807) is 11.2 Å². The highest BCUT2D eigenvalue weighted by molar-refractivity contribution is 5.74. The van der Waals surface area contributed by atoms with Crippen LogP contribution in [0.4, 0.5) is 4.79 Å². The summed E-state index contributed by atoms with van der Waals surface area (Å²) >= 11 is 0. The molecular weight excluding hydrogens is 318 g/mol. The van der Waals surface area contributed by atoms with E-state index in [1.165, 1.54) is 5.56 Å². The van der Waals surface area contributed by atoms with Crippen molar-refractivity contribution in [2.75, 3.05) is 33.4 Å². The second-order valence-electron chi connectivity index (χ2n) is 6.28. The van der Waals surface area contributed by atoms with Crippen molar-refractivity contribution in [3.8, 4) is 0 Å². The van der Waals surface area contributed by atoms with Gasteiger partial charge in [-0.2, -0.15) is 0 Å². The van der Waals surface area contributed by atoms with E-state index in [0.29, 0.717) is 32.8 Å². The van der Waals surface area contributed by atoms with Gasteiger partial charge in [0.2, 0.25) is 0 Å². The second-order valence-corrected chi connectivity index (χ2v) is 6.28. The Balaban J connectivity index is 1.55. The first-order valence-electron chi connectivity index (χ1n) is 8.60. The highest BCUT2D eigenvalue weighted by Crippen LogP contribution is 2.13.